The van der Waals surface area contributed by atoms with Gasteiger partial charge in [-0.25, -0.2) is 0 Å². The van der Waals surface area contributed by atoms with Gasteiger partial charge in [0.05, 0.1) is 11.0 Å². The van der Waals surface area contributed by atoms with E-state index in [1.807, 2.05) is 42.6 Å². The smallest absolute Gasteiger partial charge is 0.137 e. The van der Waals surface area contributed by atoms with Crippen molar-refractivity contribution in [2.45, 2.75) is 36.1 Å². The molecule has 2 unspecified atom stereocenters. The maximum atomic E-state index is 6.60. The highest BCUT2D eigenvalue weighted by atomic mass is 35.5. The molecule has 2 aromatic rings. The standard InChI is InChI=1S/C20H21Cl2N/c1-15-19(20(15,21)22,17-12-8-5-9-13-17)14-23-18(2,3)16-10-6-4-7-11-16/h4-15H,1-3H3. The van der Waals surface area contributed by atoms with Gasteiger partial charge in [0.25, 0.3) is 0 Å². The van der Waals surface area contributed by atoms with Gasteiger partial charge < -0.3 is 0 Å². The molecule has 0 aliphatic heterocycles. The van der Waals surface area contributed by atoms with Crippen LogP contribution in [0.15, 0.2) is 65.7 Å². The molecule has 1 aliphatic rings. The fraction of sp³-hybridized carbons (Fsp3) is 0.350. The summed E-state index contributed by atoms with van der Waals surface area (Å²) < 4.78 is -0.815. The average molecular weight is 346 g/mol. The first-order valence-corrected chi connectivity index (χ1v) is 8.63. The Bertz CT molecular complexity index is 707. The molecule has 3 rings (SSSR count). The molecule has 0 aromatic heterocycles. The molecule has 1 nitrogen and oxygen atoms in total. The number of rotatable bonds is 4. The van der Waals surface area contributed by atoms with E-state index in [1.54, 1.807) is 0 Å². The second kappa shape index (κ2) is 5.65. The first-order valence-electron chi connectivity index (χ1n) is 7.87. The Labute approximate surface area is 148 Å². The van der Waals surface area contributed by atoms with Crippen molar-refractivity contribution in [3.05, 3.63) is 71.8 Å². The van der Waals surface area contributed by atoms with Gasteiger partial charge >= 0.3 is 0 Å². The third kappa shape index (κ3) is 2.60. The van der Waals surface area contributed by atoms with Crippen molar-refractivity contribution in [2.75, 3.05) is 0 Å². The molecule has 0 saturated heterocycles. The van der Waals surface area contributed by atoms with Crippen molar-refractivity contribution in [2.24, 2.45) is 10.9 Å². The summed E-state index contributed by atoms with van der Waals surface area (Å²) >= 11 is 13.2. The lowest BCUT2D eigenvalue weighted by Crippen LogP contribution is -2.22. The van der Waals surface area contributed by atoms with Gasteiger partial charge in [-0.3, -0.25) is 4.99 Å². The van der Waals surface area contributed by atoms with E-state index in [0.29, 0.717) is 0 Å². The minimum atomic E-state index is -0.815. The second-order valence-corrected chi connectivity index (χ2v) is 8.15. The molecule has 1 aliphatic carbocycles. The highest BCUT2D eigenvalue weighted by molar-refractivity contribution is 6.54. The van der Waals surface area contributed by atoms with Crippen molar-refractivity contribution >= 4 is 29.4 Å². The number of benzene rings is 2. The van der Waals surface area contributed by atoms with Crippen LogP contribution in [-0.4, -0.2) is 10.5 Å². The monoisotopic (exact) mass is 345 g/mol. The molecule has 0 bridgehead atoms. The van der Waals surface area contributed by atoms with Crippen LogP contribution in [0.4, 0.5) is 0 Å². The van der Waals surface area contributed by atoms with Crippen molar-refractivity contribution in [3.8, 4) is 0 Å². The molecule has 3 heteroatoms. The van der Waals surface area contributed by atoms with Gasteiger partial charge in [0, 0.05) is 12.1 Å². The summed E-state index contributed by atoms with van der Waals surface area (Å²) in [7, 11) is 0. The van der Waals surface area contributed by atoms with Crippen LogP contribution < -0.4 is 0 Å². The van der Waals surface area contributed by atoms with Crippen molar-refractivity contribution in [1.82, 2.24) is 0 Å². The first-order chi connectivity index (χ1) is 10.8. The van der Waals surface area contributed by atoms with Crippen LogP contribution >= 0.6 is 23.2 Å². The Kier molecular flexibility index (Phi) is 4.06. The minimum absolute atomic E-state index is 0.121. The van der Waals surface area contributed by atoms with Crippen LogP contribution in [0.25, 0.3) is 0 Å². The van der Waals surface area contributed by atoms with E-state index < -0.39 is 9.75 Å². The highest BCUT2D eigenvalue weighted by Gasteiger charge is 2.73. The number of aliphatic imine (C=N–C) groups is 1. The second-order valence-electron chi connectivity index (χ2n) is 6.76. The van der Waals surface area contributed by atoms with E-state index in [2.05, 4.69) is 45.0 Å². The molecule has 0 heterocycles. The molecule has 0 amide bonds. The Morgan fingerprint density at radius 1 is 0.957 bits per heavy atom. The maximum Gasteiger partial charge on any atom is 0.137 e. The van der Waals surface area contributed by atoms with Gasteiger partial charge in [0.2, 0.25) is 0 Å². The van der Waals surface area contributed by atoms with E-state index in [1.165, 1.54) is 5.56 Å². The van der Waals surface area contributed by atoms with Crippen molar-refractivity contribution in [3.63, 3.8) is 0 Å². The topological polar surface area (TPSA) is 12.4 Å². The summed E-state index contributed by atoms with van der Waals surface area (Å²) in [5.74, 6) is 0.121. The minimum Gasteiger partial charge on any atom is -0.286 e. The molecule has 23 heavy (non-hydrogen) atoms. The molecule has 2 atom stereocenters. The fourth-order valence-corrected chi connectivity index (χ4v) is 4.09. The third-order valence-corrected chi connectivity index (χ3v) is 6.30. The van der Waals surface area contributed by atoms with Crippen LogP contribution in [0.1, 0.15) is 31.9 Å². The van der Waals surface area contributed by atoms with E-state index in [-0.39, 0.29) is 11.5 Å². The van der Waals surface area contributed by atoms with Crippen LogP contribution in [0.3, 0.4) is 0 Å². The first kappa shape index (κ1) is 16.5. The lowest BCUT2D eigenvalue weighted by atomic mass is 9.92. The Balaban J connectivity index is 1.99. The Morgan fingerprint density at radius 3 is 1.91 bits per heavy atom. The number of alkyl halides is 2. The molecule has 2 aromatic carbocycles. The van der Waals surface area contributed by atoms with Gasteiger partial charge in [-0.2, -0.15) is 0 Å². The molecular weight excluding hydrogens is 325 g/mol. The van der Waals surface area contributed by atoms with Crippen LogP contribution in [-0.2, 0) is 11.0 Å². The lowest BCUT2D eigenvalue weighted by Gasteiger charge is -2.22. The van der Waals surface area contributed by atoms with Crippen LogP contribution in [0.2, 0.25) is 0 Å². The van der Waals surface area contributed by atoms with Gasteiger partial charge in [0.1, 0.15) is 4.33 Å². The fourth-order valence-electron chi connectivity index (χ4n) is 3.21. The zero-order valence-corrected chi connectivity index (χ0v) is 15.1. The van der Waals surface area contributed by atoms with Crippen LogP contribution in [0, 0.1) is 5.92 Å². The zero-order chi connectivity index (χ0) is 16.7. The largest absolute Gasteiger partial charge is 0.286 e. The molecule has 0 N–H and O–H groups in total. The number of nitrogens with zero attached hydrogens (tertiary/aromatic N) is 1. The van der Waals surface area contributed by atoms with Crippen LogP contribution in [0.5, 0.6) is 0 Å². The highest BCUT2D eigenvalue weighted by Crippen LogP contribution is 2.68. The average Bonchev–Trinajstić information content (AvgIpc) is 3.00. The molecule has 0 spiro atoms. The van der Waals surface area contributed by atoms with Crippen molar-refractivity contribution < 1.29 is 0 Å². The van der Waals surface area contributed by atoms with Gasteiger partial charge in [0.15, 0.2) is 0 Å². The van der Waals surface area contributed by atoms with Gasteiger partial charge in [-0.1, -0.05) is 90.8 Å². The number of halogens is 2. The zero-order valence-electron chi connectivity index (χ0n) is 13.6. The predicted octanol–water partition coefficient (Wildman–Crippen LogP) is 5.75. The third-order valence-electron chi connectivity index (χ3n) is 5.02. The molecular formula is C20H21Cl2N. The van der Waals surface area contributed by atoms with Crippen molar-refractivity contribution in [1.29, 1.82) is 0 Å². The summed E-state index contributed by atoms with van der Waals surface area (Å²) in [5, 5.41) is 0. The normalized spacial score (nSPS) is 26.4. The lowest BCUT2D eigenvalue weighted by molar-refractivity contribution is 0.556. The van der Waals surface area contributed by atoms with Gasteiger partial charge in [-0.15, -0.1) is 0 Å². The summed E-state index contributed by atoms with van der Waals surface area (Å²) in [6.07, 6.45) is 1.97. The SMILES string of the molecule is CC1C(Cl)(Cl)C1(C=NC(C)(C)c1ccccc1)c1ccccc1. The van der Waals surface area contributed by atoms with E-state index in [0.717, 1.165) is 5.56 Å². The summed E-state index contributed by atoms with van der Waals surface area (Å²) in [4.78, 5) is 4.89. The molecule has 120 valence electrons. The summed E-state index contributed by atoms with van der Waals surface area (Å²) in [6.45, 7) is 6.29. The van der Waals surface area contributed by atoms with E-state index in [9.17, 15) is 0 Å². The summed E-state index contributed by atoms with van der Waals surface area (Å²) in [5.41, 5.74) is 1.53. The van der Waals surface area contributed by atoms with Gasteiger partial charge in [-0.05, 0) is 25.0 Å². The Hall–Kier alpha value is -1.31. The molecule has 1 saturated carbocycles. The molecule has 1 fully saturated rings. The van der Waals surface area contributed by atoms with E-state index in [4.69, 9.17) is 28.2 Å². The van der Waals surface area contributed by atoms with E-state index >= 15 is 0 Å². The number of hydrogen-bond acceptors (Lipinski definition) is 1. The Morgan fingerprint density at radius 2 is 1.43 bits per heavy atom. The predicted molar refractivity (Wildman–Crippen MR) is 99.7 cm³/mol. The maximum absolute atomic E-state index is 6.60. The summed E-state index contributed by atoms with van der Waals surface area (Å²) in [6, 6.07) is 20.5. The quantitative estimate of drug-likeness (QED) is 0.493. The molecule has 0 radical (unpaired) electrons. The number of hydrogen-bond donors (Lipinski definition) is 0.